The van der Waals surface area contributed by atoms with E-state index in [1.54, 1.807) is 17.2 Å². The Morgan fingerprint density at radius 2 is 2.12 bits per heavy atom. The maximum Gasteiger partial charge on any atom is 0.354 e. The molecule has 2 aromatic rings. The molecule has 0 radical (unpaired) electrons. The molecule has 2 rings (SSSR count). The molecule has 24 heavy (non-hydrogen) atoms. The fourth-order valence-electron chi connectivity index (χ4n) is 2.27. The highest BCUT2D eigenvalue weighted by Gasteiger charge is 2.15. The third kappa shape index (κ3) is 4.00. The van der Waals surface area contributed by atoms with Crippen LogP contribution in [0, 0.1) is 0 Å². The molecule has 0 fully saturated rings. The number of hydrogen-bond acceptors (Lipinski definition) is 5. The second kappa shape index (κ2) is 7.44. The van der Waals surface area contributed by atoms with E-state index in [-0.39, 0.29) is 17.7 Å². The van der Waals surface area contributed by atoms with Crippen molar-refractivity contribution >= 4 is 11.9 Å². The number of nitrogens with two attached hydrogens (primary N) is 1. The van der Waals surface area contributed by atoms with Crippen molar-refractivity contribution in [3.8, 4) is 0 Å². The Bertz CT molecular complexity index is 723. The predicted molar refractivity (Wildman–Crippen MR) is 86.5 cm³/mol. The highest BCUT2D eigenvalue weighted by molar-refractivity contribution is 5.85. The third-order valence-electron chi connectivity index (χ3n) is 3.44. The van der Waals surface area contributed by atoms with E-state index in [0.717, 1.165) is 11.3 Å². The Balaban J connectivity index is 2.19. The first-order valence-electron chi connectivity index (χ1n) is 7.35. The van der Waals surface area contributed by atoms with Gasteiger partial charge in [-0.25, -0.2) is 9.78 Å². The van der Waals surface area contributed by atoms with Gasteiger partial charge in [-0.2, -0.15) is 5.10 Å². The van der Waals surface area contributed by atoms with Gasteiger partial charge >= 0.3 is 5.97 Å². The van der Waals surface area contributed by atoms with Crippen molar-refractivity contribution in [1.82, 2.24) is 19.7 Å². The predicted octanol–water partition coefficient (Wildman–Crippen LogP) is 1.26. The second-order valence-electron chi connectivity index (χ2n) is 5.53. The number of oxime groups is 1. The van der Waals surface area contributed by atoms with Crippen LogP contribution in [0.5, 0.6) is 0 Å². The number of aromatic carboxylic acids is 1. The molecule has 2 heterocycles. The van der Waals surface area contributed by atoms with Crippen LogP contribution in [0.25, 0.3) is 0 Å². The summed E-state index contributed by atoms with van der Waals surface area (Å²) in [6.45, 7) is 4.72. The number of hydrogen-bond donors (Lipinski definition) is 3. The summed E-state index contributed by atoms with van der Waals surface area (Å²) in [4.78, 5) is 16.4. The lowest BCUT2D eigenvalue weighted by molar-refractivity contribution is 0.0690. The van der Waals surface area contributed by atoms with Gasteiger partial charge in [-0.3, -0.25) is 4.68 Å². The van der Waals surface area contributed by atoms with Gasteiger partial charge in [0.25, 0.3) is 0 Å². The maximum absolute atomic E-state index is 10.8. The molecule has 0 saturated heterocycles. The van der Waals surface area contributed by atoms with E-state index in [1.165, 1.54) is 12.3 Å². The Morgan fingerprint density at radius 3 is 2.67 bits per heavy atom. The van der Waals surface area contributed by atoms with Gasteiger partial charge < -0.3 is 20.9 Å². The molecular weight excluding hydrogens is 312 g/mol. The molecule has 0 atom stereocenters. The molecule has 0 amide bonds. The van der Waals surface area contributed by atoms with Gasteiger partial charge in [0.15, 0.2) is 0 Å². The normalized spacial score (nSPS) is 11.7. The van der Waals surface area contributed by atoms with Gasteiger partial charge in [-0.05, 0) is 31.5 Å². The average molecular weight is 332 g/mol. The topological polar surface area (TPSA) is 130 Å². The lowest BCUT2D eigenvalue weighted by Gasteiger charge is -2.23. The SMILES string of the molecule is CC(C)n1nccc1CN(Cc1ccc(C(=O)O)nc1)/C(N)=N/O. The van der Waals surface area contributed by atoms with Crippen LogP contribution < -0.4 is 5.73 Å². The van der Waals surface area contributed by atoms with E-state index >= 15 is 0 Å². The summed E-state index contributed by atoms with van der Waals surface area (Å²) in [5.74, 6) is -1.13. The van der Waals surface area contributed by atoms with Crippen LogP contribution in [0.15, 0.2) is 35.7 Å². The molecule has 0 unspecified atom stereocenters. The van der Waals surface area contributed by atoms with E-state index in [4.69, 9.17) is 16.0 Å². The van der Waals surface area contributed by atoms with Crippen LogP contribution in [-0.2, 0) is 13.1 Å². The molecule has 9 nitrogen and oxygen atoms in total. The Hall–Kier alpha value is -3.10. The summed E-state index contributed by atoms with van der Waals surface area (Å²) in [6.07, 6.45) is 3.16. The molecule has 0 spiro atoms. The molecule has 0 aliphatic heterocycles. The molecule has 4 N–H and O–H groups in total. The minimum absolute atomic E-state index is 0.0352. The molecule has 2 aromatic heterocycles. The lowest BCUT2D eigenvalue weighted by atomic mass is 10.2. The number of aromatic nitrogens is 3. The molecule has 0 aliphatic rings. The standard InChI is InChI=1S/C15H20N6O3/c1-10(2)21-12(5-6-18-21)9-20(15(16)19-24)8-11-3-4-13(14(22)23)17-7-11/h3-7,10,24H,8-9H2,1-2H3,(H2,16,19)(H,22,23). The van der Waals surface area contributed by atoms with E-state index in [1.807, 2.05) is 24.6 Å². The van der Waals surface area contributed by atoms with Crippen molar-refractivity contribution in [1.29, 1.82) is 0 Å². The van der Waals surface area contributed by atoms with Crippen molar-refractivity contribution in [3.05, 3.63) is 47.5 Å². The molecule has 0 bridgehead atoms. The highest BCUT2D eigenvalue weighted by Crippen LogP contribution is 2.13. The minimum atomic E-state index is -1.09. The van der Waals surface area contributed by atoms with E-state index in [0.29, 0.717) is 13.1 Å². The Kier molecular flexibility index (Phi) is 5.35. The van der Waals surface area contributed by atoms with Crippen LogP contribution >= 0.6 is 0 Å². The van der Waals surface area contributed by atoms with E-state index in [9.17, 15) is 4.79 Å². The number of carboxylic acid groups (broad SMARTS) is 1. The number of rotatable bonds is 6. The number of guanidine groups is 1. The van der Waals surface area contributed by atoms with Gasteiger partial charge in [0.2, 0.25) is 5.96 Å². The van der Waals surface area contributed by atoms with Crippen molar-refractivity contribution in [2.75, 3.05) is 0 Å². The van der Waals surface area contributed by atoms with Gasteiger partial charge in [0, 0.05) is 25.0 Å². The van der Waals surface area contributed by atoms with Crippen LogP contribution in [0.2, 0.25) is 0 Å². The second-order valence-corrected chi connectivity index (χ2v) is 5.53. The van der Waals surface area contributed by atoms with Gasteiger partial charge in [-0.15, -0.1) is 0 Å². The fourth-order valence-corrected chi connectivity index (χ4v) is 2.27. The van der Waals surface area contributed by atoms with E-state index < -0.39 is 5.97 Å². The van der Waals surface area contributed by atoms with Crippen LogP contribution in [-0.4, -0.2) is 41.9 Å². The summed E-state index contributed by atoms with van der Waals surface area (Å²) < 4.78 is 1.85. The van der Waals surface area contributed by atoms with Crippen LogP contribution in [0.1, 0.15) is 41.6 Å². The summed E-state index contributed by atoms with van der Waals surface area (Å²) in [7, 11) is 0. The monoisotopic (exact) mass is 332 g/mol. The Labute approximate surface area is 139 Å². The molecular formula is C15H20N6O3. The van der Waals surface area contributed by atoms with Crippen molar-refractivity contribution in [3.63, 3.8) is 0 Å². The first kappa shape index (κ1) is 17.3. The van der Waals surface area contributed by atoms with Crippen LogP contribution in [0.4, 0.5) is 0 Å². The quantitative estimate of drug-likeness (QED) is 0.314. The summed E-state index contributed by atoms with van der Waals surface area (Å²) in [5.41, 5.74) is 7.38. The maximum atomic E-state index is 10.8. The Morgan fingerprint density at radius 1 is 1.38 bits per heavy atom. The number of carbonyl (C=O) groups is 1. The molecule has 128 valence electrons. The van der Waals surface area contributed by atoms with Crippen molar-refractivity contribution < 1.29 is 15.1 Å². The number of pyridine rings is 1. The average Bonchev–Trinajstić information content (AvgIpc) is 3.02. The van der Waals surface area contributed by atoms with Crippen molar-refractivity contribution in [2.24, 2.45) is 10.9 Å². The lowest BCUT2D eigenvalue weighted by Crippen LogP contribution is -2.37. The highest BCUT2D eigenvalue weighted by atomic mass is 16.4. The number of carboxylic acids is 1. The van der Waals surface area contributed by atoms with Crippen LogP contribution in [0.3, 0.4) is 0 Å². The van der Waals surface area contributed by atoms with E-state index in [2.05, 4.69) is 15.2 Å². The fraction of sp³-hybridized carbons (Fsp3) is 0.333. The van der Waals surface area contributed by atoms with Gasteiger partial charge in [-0.1, -0.05) is 11.2 Å². The molecule has 0 saturated carbocycles. The first-order valence-corrected chi connectivity index (χ1v) is 7.35. The summed E-state index contributed by atoms with van der Waals surface area (Å²) >= 11 is 0. The number of nitrogens with zero attached hydrogens (tertiary/aromatic N) is 5. The largest absolute Gasteiger partial charge is 0.477 e. The molecule has 0 aromatic carbocycles. The van der Waals surface area contributed by atoms with Crippen molar-refractivity contribution in [2.45, 2.75) is 33.0 Å². The zero-order valence-corrected chi connectivity index (χ0v) is 13.5. The van der Waals surface area contributed by atoms with Gasteiger partial charge in [0.1, 0.15) is 5.69 Å². The minimum Gasteiger partial charge on any atom is -0.477 e. The van der Waals surface area contributed by atoms with Gasteiger partial charge in [0.05, 0.1) is 12.2 Å². The first-order chi connectivity index (χ1) is 11.4. The molecule has 0 aliphatic carbocycles. The molecule has 9 heteroatoms. The zero-order chi connectivity index (χ0) is 17.7. The smallest absolute Gasteiger partial charge is 0.354 e. The summed E-state index contributed by atoms with van der Waals surface area (Å²) in [5, 5.41) is 25.2. The third-order valence-corrected chi connectivity index (χ3v) is 3.44. The zero-order valence-electron chi connectivity index (χ0n) is 13.5. The summed E-state index contributed by atoms with van der Waals surface area (Å²) in [6, 6.07) is 5.11.